The largest absolute Gasteiger partial charge is 0.497 e. The summed E-state index contributed by atoms with van der Waals surface area (Å²) in [4.78, 5) is 0. The van der Waals surface area contributed by atoms with E-state index in [-0.39, 0.29) is 5.82 Å². The molecule has 0 radical (unpaired) electrons. The zero-order chi connectivity index (χ0) is 14.5. The average molecular weight is 273 g/mol. The maximum atomic E-state index is 14.0. The Labute approximate surface area is 119 Å². The van der Waals surface area contributed by atoms with E-state index in [1.165, 1.54) is 18.7 Å². The van der Waals surface area contributed by atoms with Gasteiger partial charge in [-0.25, -0.2) is 4.39 Å². The summed E-state index contributed by atoms with van der Waals surface area (Å²) in [5.74, 6) is 0.159. The summed E-state index contributed by atoms with van der Waals surface area (Å²) in [5, 5.41) is 0. The van der Waals surface area contributed by atoms with Gasteiger partial charge in [0.2, 0.25) is 0 Å². The summed E-state index contributed by atoms with van der Waals surface area (Å²) >= 11 is 0. The summed E-state index contributed by atoms with van der Waals surface area (Å²) in [6, 6.07) is 12.4. The van der Waals surface area contributed by atoms with Crippen LogP contribution in [0.1, 0.15) is 36.1 Å². The topological polar surface area (TPSA) is 35.2 Å². The van der Waals surface area contributed by atoms with Crippen molar-refractivity contribution in [2.24, 2.45) is 5.73 Å². The van der Waals surface area contributed by atoms with Crippen LogP contribution >= 0.6 is 0 Å². The third-order valence-electron chi connectivity index (χ3n) is 3.42. The lowest BCUT2D eigenvalue weighted by Gasteiger charge is -2.14. The molecule has 0 aliphatic carbocycles. The van der Waals surface area contributed by atoms with Crippen molar-refractivity contribution >= 4 is 0 Å². The van der Waals surface area contributed by atoms with Crippen molar-refractivity contribution in [1.29, 1.82) is 0 Å². The smallest absolute Gasteiger partial charge is 0.132 e. The van der Waals surface area contributed by atoms with Gasteiger partial charge in [-0.2, -0.15) is 0 Å². The molecule has 1 atom stereocenters. The maximum absolute atomic E-state index is 14.0. The lowest BCUT2D eigenvalue weighted by Crippen LogP contribution is -2.13. The van der Waals surface area contributed by atoms with E-state index in [9.17, 15) is 4.39 Å². The normalized spacial score (nSPS) is 12.2. The minimum atomic E-state index is -0.461. The average Bonchev–Trinajstić information content (AvgIpc) is 2.47. The van der Waals surface area contributed by atoms with Crippen molar-refractivity contribution in [2.45, 2.75) is 25.8 Å². The highest BCUT2D eigenvalue weighted by molar-refractivity contribution is 5.37. The SMILES string of the molecule is CCCc1ccc(C(N)c2ccc(OC)cc2F)cc1. The molecule has 2 rings (SSSR count). The predicted molar refractivity (Wildman–Crippen MR) is 79.4 cm³/mol. The highest BCUT2D eigenvalue weighted by Crippen LogP contribution is 2.25. The van der Waals surface area contributed by atoms with Crippen LogP contribution in [-0.4, -0.2) is 7.11 Å². The monoisotopic (exact) mass is 273 g/mol. The predicted octanol–water partition coefficient (Wildman–Crippen LogP) is 3.83. The Hall–Kier alpha value is -1.87. The quantitative estimate of drug-likeness (QED) is 0.898. The highest BCUT2D eigenvalue weighted by atomic mass is 19.1. The molecule has 0 aliphatic heterocycles. The Morgan fingerprint density at radius 2 is 1.85 bits per heavy atom. The molecule has 106 valence electrons. The second kappa shape index (κ2) is 6.53. The fourth-order valence-electron chi connectivity index (χ4n) is 2.25. The molecule has 2 nitrogen and oxygen atoms in total. The van der Waals surface area contributed by atoms with E-state index >= 15 is 0 Å². The minimum Gasteiger partial charge on any atom is -0.497 e. The molecule has 2 aromatic rings. The Morgan fingerprint density at radius 1 is 1.15 bits per heavy atom. The number of hydrogen-bond acceptors (Lipinski definition) is 2. The van der Waals surface area contributed by atoms with Gasteiger partial charge in [0.05, 0.1) is 13.2 Å². The van der Waals surface area contributed by atoms with Gasteiger partial charge < -0.3 is 10.5 Å². The molecule has 0 fully saturated rings. The molecule has 1 unspecified atom stereocenters. The standard InChI is InChI=1S/C17H20FNO/c1-3-4-12-5-7-13(8-6-12)17(19)15-10-9-14(20-2)11-16(15)18/h5-11,17H,3-4,19H2,1-2H3. The first-order valence-electron chi connectivity index (χ1n) is 6.83. The Kier molecular flexibility index (Phi) is 4.74. The fourth-order valence-corrected chi connectivity index (χ4v) is 2.25. The Morgan fingerprint density at radius 3 is 2.40 bits per heavy atom. The van der Waals surface area contributed by atoms with Crippen LogP contribution in [-0.2, 0) is 6.42 Å². The number of methoxy groups -OCH3 is 1. The van der Waals surface area contributed by atoms with Crippen molar-refractivity contribution in [1.82, 2.24) is 0 Å². The van der Waals surface area contributed by atoms with Gasteiger partial charge in [0.15, 0.2) is 0 Å². The van der Waals surface area contributed by atoms with Crippen LogP contribution in [0.15, 0.2) is 42.5 Å². The van der Waals surface area contributed by atoms with Crippen LogP contribution in [0.4, 0.5) is 4.39 Å². The molecule has 0 amide bonds. The second-order valence-corrected chi connectivity index (χ2v) is 4.86. The first-order chi connectivity index (χ1) is 9.65. The van der Waals surface area contributed by atoms with Gasteiger partial charge in [-0.05, 0) is 23.6 Å². The van der Waals surface area contributed by atoms with Crippen molar-refractivity contribution in [3.8, 4) is 5.75 Å². The lowest BCUT2D eigenvalue weighted by atomic mass is 9.97. The summed E-state index contributed by atoms with van der Waals surface area (Å²) < 4.78 is 19.0. The first kappa shape index (κ1) is 14.5. The van der Waals surface area contributed by atoms with Gasteiger partial charge in [-0.15, -0.1) is 0 Å². The fraction of sp³-hybridized carbons (Fsp3) is 0.294. The highest BCUT2D eigenvalue weighted by Gasteiger charge is 2.14. The molecule has 0 spiro atoms. The maximum Gasteiger partial charge on any atom is 0.132 e. The number of benzene rings is 2. The van der Waals surface area contributed by atoms with Gasteiger partial charge in [0.1, 0.15) is 11.6 Å². The molecule has 2 N–H and O–H groups in total. The summed E-state index contributed by atoms with van der Waals surface area (Å²) in [6.07, 6.45) is 2.16. The van der Waals surface area contributed by atoms with E-state index in [0.717, 1.165) is 18.4 Å². The Balaban J connectivity index is 2.24. The van der Waals surface area contributed by atoms with E-state index in [1.54, 1.807) is 12.1 Å². The molecule has 0 heterocycles. The van der Waals surface area contributed by atoms with Crippen LogP contribution in [0.25, 0.3) is 0 Å². The zero-order valence-corrected chi connectivity index (χ0v) is 11.9. The van der Waals surface area contributed by atoms with Crippen molar-refractivity contribution in [2.75, 3.05) is 7.11 Å². The molecule has 0 aromatic heterocycles. The van der Waals surface area contributed by atoms with Gasteiger partial charge in [-0.3, -0.25) is 0 Å². The van der Waals surface area contributed by atoms with E-state index in [4.69, 9.17) is 10.5 Å². The summed E-state index contributed by atoms with van der Waals surface area (Å²) in [6.45, 7) is 2.15. The minimum absolute atomic E-state index is 0.338. The Bertz CT molecular complexity index is 566. The van der Waals surface area contributed by atoms with E-state index in [2.05, 4.69) is 19.1 Å². The number of nitrogens with two attached hydrogens (primary N) is 1. The molecule has 2 aromatic carbocycles. The van der Waals surface area contributed by atoms with Crippen LogP contribution in [0, 0.1) is 5.82 Å². The zero-order valence-electron chi connectivity index (χ0n) is 11.9. The van der Waals surface area contributed by atoms with E-state index < -0.39 is 6.04 Å². The molecular weight excluding hydrogens is 253 g/mol. The van der Waals surface area contributed by atoms with Gasteiger partial charge >= 0.3 is 0 Å². The van der Waals surface area contributed by atoms with Crippen LogP contribution < -0.4 is 10.5 Å². The first-order valence-corrected chi connectivity index (χ1v) is 6.83. The van der Waals surface area contributed by atoms with Gasteiger partial charge in [0, 0.05) is 11.6 Å². The van der Waals surface area contributed by atoms with Crippen molar-refractivity contribution < 1.29 is 9.13 Å². The van der Waals surface area contributed by atoms with E-state index in [0.29, 0.717) is 11.3 Å². The van der Waals surface area contributed by atoms with Crippen LogP contribution in [0.3, 0.4) is 0 Å². The second-order valence-electron chi connectivity index (χ2n) is 4.86. The number of halogens is 1. The molecule has 3 heteroatoms. The number of hydrogen-bond donors (Lipinski definition) is 1. The molecule has 0 bridgehead atoms. The number of ether oxygens (including phenoxy) is 1. The van der Waals surface area contributed by atoms with Gasteiger partial charge in [0.25, 0.3) is 0 Å². The molecular formula is C17H20FNO. The molecule has 0 saturated carbocycles. The van der Waals surface area contributed by atoms with E-state index in [1.807, 2.05) is 12.1 Å². The van der Waals surface area contributed by atoms with Crippen LogP contribution in [0.2, 0.25) is 0 Å². The molecule has 0 aliphatic rings. The van der Waals surface area contributed by atoms with Gasteiger partial charge in [-0.1, -0.05) is 43.7 Å². The van der Waals surface area contributed by atoms with Crippen molar-refractivity contribution in [3.05, 3.63) is 65.0 Å². The van der Waals surface area contributed by atoms with Crippen LogP contribution in [0.5, 0.6) is 5.75 Å². The number of aryl methyl sites for hydroxylation is 1. The third-order valence-corrected chi connectivity index (χ3v) is 3.42. The number of rotatable bonds is 5. The summed E-state index contributed by atoms with van der Waals surface area (Å²) in [5.41, 5.74) is 8.82. The summed E-state index contributed by atoms with van der Waals surface area (Å²) in [7, 11) is 1.51. The molecule has 0 saturated heterocycles. The molecule has 20 heavy (non-hydrogen) atoms. The lowest BCUT2D eigenvalue weighted by molar-refractivity contribution is 0.410. The third kappa shape index (κ3) is 3.17. The van der Waals surface area contributed by atoms with Crippen molar-refractivity contribution in [3.63, 3.8) is 0 Å².